The number of nitrogens with zero attached hydrogens (tertiary/aromatic N) is 1. The maximum atomic E-state index is 12.4. The molecule has 0 aliphatic carbocycles. The van der Waals surface area contributed by atoms with E-state index in [0.29, 0.717) is 17.1 Å². The van der Waals surface area contributed by atoms with Crippen molar-refractivity contribution in [3.63, 3.8) is 0 Å². The van der Waals surface area contributed by atoms with E-state index in [0.717, 1.165) is 12.0 Å². The van der Waals surface area contributed by atoms with Crippen LogP contribution in [0.3, 0.4) is 0 Å². The molecule has 0 N–H and O–H groups in total. The van der Waals surface area contributed by atoms with Gasteiger partial charge in [-0.1, -0.05) is 18.5 Å². The number of ether oxygens (including phenoxy) is 1. The predicted octanol–water partition coefficient (Wildman–Crippen LogP) is 2.67. The molecule has 0 unspecified atom stereocenters. The van der Waals surface area contributed by atoms with Crippen LogP contribution in [-0.4, -0.2) is 37.0 Å². The molecule has 1 aromatic carbocycles. The van der Waals surface area contributed by atoms with Gasteiger partial charge in [0.25, 0.3) is 5.91 Å². The van der Waals surface area contributed by atoms with Crippen LogP contribution in [0.1, 0.15) is 29.3 Å². The number of rotatable bonds is 5. The molecule has 0 atom stereocenters. The van der Waals surface area contributed by atoms with Gasteiger partial charge < -0.3 is 9.64 Å². The highest BCUT2D eigenvalue weighted by Gasteiger charge is 2.19. The summed E-state index contributed by atoms with van der Waals surface area (Å²) in [5.41, 5.74) is 1.40. The molecule has 0 radical (unpaired) electrons. The molecular formula is C14H18ClNO3. The van der Waals surface area contributed by atoms with Gasteiger partial charge in [-0.15, -0.1) is 0 Å². The standard InChI is InChI=1S/C14H18ClNO3/c1-4-5-16(9-13(17)19-3)14(18)11-6-10(2)7-12(15)8-11/h6-8H,4-5,9H2,1-3H3. The third-order valence-corrected chi connectivity index (χ3v) is 2.84. The van der Waals surface area contributed by atoms with Crippen molar-refractivity contribution in [2.75, 3.05) is 20.2 Å². The topological polar surface area (TPSA) is 46.6 Å². The molecule has 5 heteroatoms. The van der Waals surface area contributed by atoms with Gasteiger partial charge in [0.15, 0.2) is 0 Å². The summed E-state index contributed by atoms with van der Waals surface area (Å²) in [6.45, 7) is 4.27. The number of hydrogen-bond donors (Lipinski definition) is 0. The SMILES string of the molecule is CCCN(CC(=O)OC)C(=O)c1cc(C)cc(Cl)c1. The molecule has 19 heavy (non-hydrogen) atoms. The van der Waals surface area contributed by atoms with Crippen LogP contribution in [0.5, 0.6) is 0 Å². The van der Waals surface area contributed by atoms with Crippen LogP contribution >= 0.6 is 11.6 Å². The van der Waals surface area contributed by atoms with Crippen molar-refractivity contribution in [1.29, 1.82) is 0 Å². The highest BCUT2D eigenvalue weighted by atomic mass is 35.5. The zero-order chi connectivity index (χ0) is 14.4. The molecule has 0 fully saturated rings. The maximum Gasteiger partial charge on any atom is 0.325 e. The molecule has 0 bridgehead atoms. The van der Waals surface area contributed by atoms with Crippen LogP contribution in [0.25, 0.3) is 0 Å². The Morgan fingerprint density at radius 2 is 2.00 bits per heavy atom. The van der Waals surface area contributed by atoms with Crippen molar-refractivity contribution in [2.24, 2.45) is 0 Å². The van der Waals surface area contributed by atoms with E-state index in [1.165, 1.54) is 12.0 Å². The summed E-state index contributed by atoms with van der Waals surface area (Å²) >= 11 is 5.95. The lowest BCUT2D eigenvalue weighted by molar-refractivity contribution is -0.141. The quantitative estimate of drug-likeness (QED) is 0.781. The Morgan fingerprint density at radius 3 is 2.53 bits per heavy atom. The predicted molar refractivity (Wildman–Crippen MR) is 74.4 cm³/mol. The van der Waals surface area contributed by atoms with Crippen molar-refractivity contribution in [1.82, 2.24) is 4.90 Å². The molecule has 0 heterocycles. The fraction of sp³-hybridized carbons (Fsp3) is 0.429. The zero-order valence-electron chi connectivity index (χ0n) is 11.4. The molecule has 1 amide bonds. The summed E-state index contributed by atoms with van der Waals surface area (Å²) in [4.78, 5) is 25.1. The first kappa shape index (κ1) is 15.5. The molecule has 4 nitrogen and oxygen atoms in total. The van der Waals surface area contributed by atoms with Gasteiger partial charge in [0, 0.05) is 17.1 Å². The molecule has 0 aromatic heterocycles. The van der Waals surface area contributed by atoms with Gasteiger partial charge in [-0.05, 0) is 37.1 Å². The summed E-state index contributed by atoms with van der Waals surface area (Å²) < 4.78 is 4.60. The monoisotopic (exact) mass is 283 g/mol. The zero-order valence-corrected chi connectivity index (χ0v) is 12.2. The third kappa shape index (κ3) is 4.56. The fourth-order valence-corrected chi connectivity index (χ4v) is 2.07. The second-order valence-corrected chi connectivity index (χ2v) is 4.76. The Balaban J connectivity index is 2.94. The van der Waals surface area contributed by atoms with Crippen molar-refractivity contribution < 1.29 is 14.3 Å². The minimum absolute atomic E-state index is 0.0469. The van der Waals surface area contributed by atoms with Crippen LogP contribution in [0, 0.1) is 6.92 Å². The number of carbonyl (C=O) groups excluding carboxylic acids is 2. The Bertz CT molecular complexity index is 454. The number of hydrogen-bond acceptors (Lipinski definition) is 3. The van der Waals surface area contributed by atoms with Crippen LogP contribution in [0.4, 0.5) is 0 Å². The molecule has 1 aromatic rings. The first-order chi connectivity index (χ1) is 8.97. The van der Waals surface area contributed by atoms with Crippen LogP contribution in [-0.2, 0) is 9.53 Å². The average molecular weight is 284 g/mol. The Morgan fingerprint density at radius 1 is 1.32 bits per heavy atom. The first-order valence-electron chi connectivity index (χ1n) is 6.11. The van der Waals surface area contributed by atoms with Gasteiger partial charge in [-0.3, -0.25) is 9.59 Å². The highest BCUT2D eigenvalue weighted by molar-refractivity contribution is 6.31. The average Bonchev–Trinajstić information content (AvgIpc) is 2.36. The smallest absolute Gasteiger partial charge is 0.325 e. The number of halogens is 1. The molecule has 0 aliphatic rings. The molecule has 0 aliphatic heterocycles. The summed E-state index contributed by atoms with van der Waals surface area (Å²) in [5.74, 6) is -0.640. The molecule has 0 saturated carbocycles. The van der Waals surface area contributed by atoms with Gasteiger partial charge in [-0.25, -0.2) is 0 Å². The molecule has 0 saturated heterocycles. The number of esters is 1. The Labute approximate surface area is 118 Å². The number of amides is 1. The third-order valence-electron chi connectivity index (χ3n) is 2.62. The van der Waals surface area contributed by atoms with E-state index in [4.69, 9.17) is 11.6 Å². The first-order valence-corrected chi connectivity index (χ1v) is 6.49. The second kappa shape index (κ2) is 7.14. The number of carbonyl (C=O) groups is 2. The van der Waals surface area contributed by atoms with E-state index in [2.05, 4.69) is 4.74 Å². The van der Waals surface area contributed by atoms with Crippen molar-refractivity contribution in [3.05, 3.63) is 34.3 Å². The van der Waals surface area contributed by atoms with Gasteiger partial charge in [0.2, 0.25) is 0 Å². The van der Waals surface area contributed by atoms with Crippen LogP contribution in [0.15, 0.2) is 18.2 Å². The minimum Gasteiger partial charge on any atom is -0.468 e. The molecule has 104 valence electrons. The number of methoxy groups -OCH3 is 1. The Hall–Kier alpha value is -1.55. The summed E-state index contributed by atoms with van der Waals surface area (Å²) in [5, 5.41) is 0.512. The molecular weight excluding hydrogens is 266 g/mol. The summed E-state index contributed by atoms with van der Waals surface area (Å²) in [7, 11) is 1.31. The normalized spacial score (nSPS) is 10.1. The maximum absolute atomic E-state index is 12.4. The second-order valence-electron chi connectivity index (χ2n) is 4.32. The number of aryl methyl sites for hydroxylation is 1. The van der Waals surface area contributed by atoms with E-state index in [1.807, 2.05) is 13.8 Å². The van der Waals surface area contributed by atoms with E-state index in [1.54, 1.807) is 18.2 Å². The van der Waals surface area contributed by atoms with Crippen LogP contribution < -0.4 is 0 Å². The lowest BCUT2D eigenvalue weighted by Gasteiger charge is -2.21. The van der Waals surface area contributed by atoms with E-state index < -0.39 is 5.97 Å². The number of benzene rings is 1. The fourth-order valence-electron chi connectivity index (χ4n) is 1.79. The van der Waals surface area contributed by atoms with E-state index in [9.17, 15) is 9.59 Å². The summed E-state index contributed by atoms with van der Waals surface area (Å²) in [6.07, 6.45) is 0.766. The van der Waals surface area contributed by atoms with Crippen molar-refractivity contribution >= 4 is 23.5 Å². The summed E-state index contributed by atoms with van der Waals surface area (Å²) in [6, 6.07) is 5.15. The van der Waals surface area contributed by atoms with Gasteiger partial charge in [0.05, 0.1) is 7.11 Å². The van der Waals surface area contributed by atoms with Crippen molar-refractivity contribution in [3.8, 4) is 0 Å². The van der Waals surface area contributed by atoms with E-state index >= 15 is 0 Å². The largest absolute Gasteiger partial charge is 0.468 e. The van der Waals surface area contributed by atoms with Gasteiger partial charge in [-0.2, -0.15) is 0 Å². The lowest BCUT2D eigenvalue weighted by Crippen LogP contribution is -2.36. The highest BCUT2D eigenvalue weighted by Crippen LogP contribution is 2.16. The van der Waals surface area contributed by atoms with Gasteiger partial charge in [0.1, 0.15) is 6.54 Å². The minimum atomic E-state index is -0.430. The van der Waals surface area contributed by atoms with E-state index in [-0.39, 0.29) is 12.5 Å². The lowest BCUT2D eigenvalue weighted by atomic mass is 10.1. The van der Waals surface area contributed by atoms with Crippen LogP contribution in [0.2, 0.25) is 5.02 Å². The Kier molecular flexibility index (Phi) is 5.83. The van der Waals surface area contributed by atoms with Gasteiger partial charge >= 0.3 is 5.97 Å². The van der Waals surface area contributed by atoms with Crippen molar-refractivity contribution in [2.45, 2.75) is 20.3 Å². The molecule has 0 spiro atoms. The molecule has 1 rings (SSSR count).